The van der Waals surface area contributed by atoms with E-state index in [2.05, 4.69) is 125 Å². The molecule has 1 aromatic heterocycles. The number of rotatable bonds is 5. The van der Waals surface area contributed by atoms with Gasteiger partial charge in [0.25, 0.3) is 0 Å². The van der Waals surface area contributed by atoms with Crippen molar-refractivity contribution < 1.29 is 0 Å². The highest BCUT2D eigenvalue weighted by atomic mass is 15.0. The Morgan fingerprint density at radius 2 is 1.06 bits per heavy atom. The second kappa shape index (κ2) is 12.4. The van der Waals surface area contributed by atoms with Gasteiger partial charge in [-0.3, -0.25) is 0 Å². The second-order valence-electron chi connectivity index (χ2n) is 16.5. The summed E-state index contributed by atoms with van der Waals surface area (Å²) in [7, 11) is 0. The van der Waals surface area contributed by atoms with Crippen molar-refractivity contribution in [2.75, 3.05) is 0 Å². The first-order valence-corrected chi connectivity index (χ1v) is 18.9. The zero-order valence-corrected chi connectivity index (χ0v) is 30.5. The molecule has 0 spiro atoms. The molecule has 3 aliphatic carbocycles. The first-order valence-electron chi connectivity index (χ1n) is 18.9. The van der Waals surface area contributed by atoms with Gasteiger partial charge in [0.05, 0.1) is 11.6 Å². The van der Waals surface area contributed by atoms with Crippen LogP contribution in [0.2, 0.25) is 0 Å². The highest BCUT2D eigenvalue weighted by Crippen LogP contribution is 2.54. The maximum Gasteiger partial charge on any atom is 0.164 e. The van der Waals surface area contributed by atoms with Crippen LogP contribution in [-0.4, -0.2) is 15.0 Å². The van der Waals surface area contributed by atoms with Crippen LogP contribution in [0.1, 0.15) is 82.1 Å². The van der Waals surface area contributed by atoms with Crippen molar-refractivity contribution in [2.24, 2.45) is 17.8 Å². The fourth-order valence-corrected chi connectivity index (χ4v) is 10.2. The minimum Gasteiger partial charge on any atom is -0.208 e. The van der Waals surface area contributed by atoms with Crippen LogP contribution in [-0.2, 0) is 10.8 Å². The molecule has 5 aromatic carbocycles. The summed E-state index contributed by atoms with van der Waals surface area (Å²) in [6.07, 6.45) is 6.78. The number of nitrogens with zero attached hydrogens (tertiary/aromatic N) is 4. The van der Waals surface area contributed by atoms with Gasteiger partial charge in [0.1, 0.15) is 0 Å². The molecular weight excluding hydrogens is 633 g/mol. The van der Waals surface area contributed by atoms with E-state index in [0.717, 1.165) is 34.4 Å². The Morgan fingerprint density at radius 1 is 0.558 bits per heavy atom. The first-order chi connectivity index (χ1) is 25.2. The lowest BCUT2D eigenvalue weighted by molar-refractivity contribution is 0.0780. The molecule has 9 rings (SSSR count). The van der Waals surface area contributed by atoms with Gasteiger partial charge in [0.15, 0.2) is 17.5 Å². The largest absolute Gasteiger partial charge is 0.208 e. The molecule has 2 saturated carbocycles. The van der Waals surface area contributed by atoms with Crippen molar-refractivity contribution in [1.29, 1.82) is 5.26 Å². The average molecular weight is 677 g/mol. The van der Waals surface area contributed by atoms with Gasteiger partial charge < -0.3 is 0 Å². The lowest BCUT2D eigenvalue weighted by Crippen LogP contribution is -2.42. The van der Waals surface area contributed by atoms with Gasteiger partial charge in [0.2, 0.25) is 0 Å². The molecule has 2 fully saturated rings. The monoisotopic (exact) mass is 676 g/mol. The van der Waals surface area contributed by atoms with Gasteiger partial charge in [-0.15, -0.1) is 0 Å². The van der Waals surface area contributed by atoms with Crippen LogP contribution in [0.4, 0.5) is 0 Å². The molecule has 4 atom stereocenters. The third-order valence-corrected chi connectivity index (χ3v) is 12.4. The number of hydrogen-bond acceptors (Lipinski definition) is 4. The molecule has 0 radical (unpaired) electrons. The lowest BCUT2D eigenvalue weighted by atomic mass is 9.54. The van der Waals surface area contributed by atoms with Crippen LogP contribution < -0.4 is 0 Å². The normalized spacial score (nSPS) is 22.6. The molecule has 6 aromatic rings. The van der Waals surface area contributed by atoms with E-state index in [1.807, 2.05) is 24.3 Å². The fourth-order valence-electron chi connectivity index (χ4n) is 10.2. The molecule has 0 aliphatic heterocycles. The summed E-state index contributed by atoms with van der Waals surface area (Å²) in [6, 6.07) is 43.1. The average Bonchev–Trinajstić information content (AvgIpc) is 3.39. The SMILES string of the molecule is C[C@@H]1C[C@@H]2C[C@H](C)CC(c3ccc(-c4ccc(-c5nc(-c6ccc(C#N)cc6)nc(-c6ccc7c(c6)C(C)(C)c6ccccc6-7)n5)cc4)cc3)(C1)C2. The second-order valence-corrected chi connectivity index (χ2v) is 16.5. The summed E-state index contributed by atoms with van der Waals surface area (Å²) in [5.41, 5.74) is 12.7. The van der Waals surface area contributed by atoms with E-state index in [9.17, 15) is 5.26 Å². The van der Waals surface area contributed by atoms with Crippen molar-refractivity contribution in [2.45, 2.75) is 70.6 Å². The van der Waals surface area contributed by atoms with E-state index in [1.54, 1.807) is 0 Å². The lowest BCUT2D eigenvalue weighted by Gasteiger charge is -2.50. The molecule has 256 valence electrons. The Bertz CT molecular complexity index is 2330. The molecule has 1 unspecified atom stereocenters. The summed E-state index contributed by atoms with van der Waals surface area (Å²) in [5, 5.41) is 9.41. The maximum absolute atomic E-state index is 9.41. The van der Waals surface area contributed by atoms with E-state index in [1.165, 1.54) is 71.0 Å². The summed E-state index contributed by atoms with van der Waals surface area (Å²) in [4.78, 5) is 15.1. The van der Waals surface area contributed by atoms with Crippen LogP contribution in [0.15, 0.2) is 115 Å². The van der Waals surface area contributed by atoms with E-state index < -0.39 is 0 Å². The third kappa shape index (κ3) is 5.55. The standard InChI is InChI=1S/C48H44N4/c1-30-23-33-24-31(2)27-48(26-30,28-33)39-20-17-35(18-21-39)34-13-15-37(16-14-34)45-50-44(36-11-9-32(29-49)10-12-36)51-46(52-45)38-19-22-41-40-7-5-6-8-42(40)47(3,4)43(41)25-38/h5-22,25,30-31,33H,23-24,26-28H2,1-4H3/t30-,31+,33-,48?. The van der Waals surface area contributed by atoms with Crippen molar-refractivity contribution >= 4 is 0 Å². The fraction of sp³-hybridized carbons (Fsp3) is 0.292. The van der Waals surface area contributed by atoms with E-state index in [4.69, 9.17) is 15.0 Å². The van der Waals surface area contributed by atoms with Crippen molar-refractivity contribution in [3.63, 3.8) is 0 Å². The van der Waals surface area contributed by atoms with Crippen LogP contribution in [0.5, 0.6) is 0 Å². The Kier molecular flexibility index (Phi) is 7.74. The summed E-state index contributed by atoms with van der Waals surface area (Å²) >= 11 is 0. The predicted molar refractivity (Wildman–Crippen MR) is 210 cm³/mol. The maximum atomic E-state index is 9.41. The van der Waals surface area contributed by atoms with Crippen molar-refractivity contribution in [1.82, 2.24) is 15.0 Å². The molecule has 0 saturated heterocycles. The van der Waals surface area contributed by atoms with Crippen molar-refractivity contribution in [3.8, 4) is 62.5 Å². The smallest absolute Gasteiger partial charge is 0.164 e. The molecule has 3 aliphatic rings. The Morgan fingerprint density at radius 3 is 1.67 bits per heavy atom. The number of benzene rings is 5. The van der Waals surface area contributed by atoms with E-state index in [0.29, 0.717) is 28.5 Å². The van der Waals surface area contributed by atoms with Gasteiger partial charge in [-0.1, -0.05) is 113 Å². The van der Waals surface area contributed by atoms with E-state index in [-0.39, 0.29) is 5.41 Å². The number of fused-ring (bicyclic) bond motifs is 5. The topological polar surface area (TPSA) is 62.5 Å². The van der Waals surface area contributed by atoms with Gasteiger partial charge >= 0.3 is 0 Å². The molecule has 52 heavy (non-hydrogen) atoms. The zero-order valence-electron chi connectivity index (χ0n) is 30.5. The van der Waals surface area contributed by atoms with E-state index >= 15 is 0 Å². The molecule has 1 heterocycles. The quantitative estimate of drug-likeness (QED) is 0.182. The summed E-state index contributed by atoms with van der Waals surface area (Å²) in [5.74, 6) is 4.33. The Balaban J connectivity index is 1.06. The molecule has 0 N–H and O–H groups in total. The van der Waals surface area contributed by atoms with Crippen LogP contribution in [0.25, 0.3) is 56.4 Å². The van der Waals surface area contributed by atoms with Crippen LogP contribution in [0.3, 0.4) is 0 Å². The number of hydrogen-bond donors (Lipinski definition) is 0. The van der Waals surface area contributed by atoms with Crippen LogP contribution in [0, 0.1) is 29.1 Å². The highest BCUT2D eigenvalue weighted by molar-refractivity contribution is 5.83. The van der Waals surface area contributed by atoms with Gasteiger partial charge in [-0.25, -0.2) is 15.0 Å². The Hall–Kier alpha value is -5.40. The minimum atomic E-state index is -0.131. The van der Waals surface area contributed by atoms with Crippen LogP contribution >= 0.6 is 0 Å². The predicted octanol–water partition coefficient (Wildman–Crippen LogP) is 11.8. The summed E-state index contributed by atoms with van der Waals surface area (Å²) in [6.45, 7) is 9.50. The molecule has 4 heteroatoms. The molecular formula is C48H44N4. The molecule has 0 amide bonds. The van der Waals surface area contributed by atoms with Gasteiger partial charge in [0, 0.05) is 22.1 Å². The Labute approximate surface area is 307 Å². The molecule has 2 bridgehead atoms. The number of nitriles is 1. The van der Waals surface area contributed by atoms with Gasteiger partial charge in [-0.05, 0) is 125 Å². The zero-order chi connectivity index (χ0) is 35.6. The highest BCUT2D eigenvalue weighted by Gasteiger charge is 2.45. The van der Waals surface area contributed by atoms with Crippen molar-refractivity contribution in [3.05, 3.63) is 138 Å². The van der Waals surface area contributed by atoms with Gasteiger partial charge in [-0.2, -0.15) is 5.26 Å². The summed E-state index contributed by atoms with van der Waals surface area (Å²) < 4.78 is 0. The number of aromatic nitrogens is 3. The molecule has 4 nitrogen and oxygen atoms in total. The third-order valence-electron chi connectivity index (χ3n) is 12.4. The minimum absolute atomic E-state index is 0.131. The first kappa shape index (κ1) is 32.5.